The van der Waals surface area contributed by atoms with Crippen molar-refractivity contribution in [3.05, 3.63) is 22.6 Å². The van der Waals surface area contributed by atoms with Gasteiger partial charge in [0.2, 0.25) is 0 Å². The number of methoxy groups -OCH3 is 1. The monoisotopic (exact) mass is 241 g/mol. The van der Waals surface area contributed by atoms with Gasteiger partial charge in [-0.15, -0.1) is 0 Å². The molecule has 5 heteroatoms. The first kappa shape index (κ1) is 8.50. The van der Waals surface area contributed by atoms with Crippen LogP contribution in [0.25, 0.3) is 5.65 Å². The van der Waals surface area contributed by atoms with Gasteiger partial charge in [0.25, 0.3) is 0 Å². The maximum Gasteiger partial charge on any atom is 0.198 e. The lowest BCUT2D eigenvalue weighted by Gasteiger charge is -2.06. The van der Waals surface area contributed by atoms with Crippen molar-refractivity contribution in [2.24, 2.45) is 0 Å². The topological polar surface area (TPSA) is 39.4 Å². The van der Waals surface area contributed by atoms with E-state index in [1.165, 1.54) is 6.33 Å². The van der Waals surface area contributed by atoms with Crippen LogP contribution in [0.4, 0.5) is 0 Å². The summed E-state index contributed by atoms with van der Waals surface area (Å²) < 4.78 is 7.88. The van der Waals surface area contributed by atoms with Crippen LogP contribution >= 0.6 is 15.9 Å². The van der Waals surface area contributed by atoms with Crippen molar-refractivity contribution in [1.82, 2.24) is 14.6 Å². The van der Waals surface area contributed by atoms with Gasteiger partial charge in [-0.1, -0.05) is 0 Å². The Morgan fingerprint density at radius 2 is 2.31 bits per heavy atom. The zero-order chi connectivity index (χ0) is 9.42. The number of ether oxygens (including phenoxy) is 1. The number of hydrogen-bond donors (Lipinski definition) is 0. The largest absolute Gasteiger partial charge is 0.492 e. The molecular weight excluding hydrogens is 234 g/mol. The molecule has 4 nitrogen and oxygen atoms in total. The second kappa shape index (κ2) is 2.99. The molecular formula is C8H8BrN3O. The molecule has 2 heterocycles. The third kappa shape index (κ3) is 1.19. The van der Waals surface area contributed by atoms with E-state index in [0.29, 0.717) is 0 Å². The molecule has 0 spiro atoms. The zero-order valence-electron chi connectivity index (χ0n) is 7.28. The van der Waals surface area contributed by atoms with E-state index in [1.807, 2.05) is 13.1 Å². The molecule has 68 valence electrons. The minimum atomic E-state index is 0.739. The molecule has 0 amide bonds. The Morgan fingerprint density at radius 3 is 3.00 bits per heavy atom. The highest BCUT2D eigenvalue weighted by Crippen LogP contribution is 2.28. The number of aromatic nitrogens is 3. The predicted molar refractivity (Wildman–Crippen MR) is 52.0 cm³/mol. The van der Waals surface area contributed by atoms with Gasteiger partial charge in [0.05, 0.1) is 7.11 Å². The Labute approximate surface area is 83.7 Å². The molecule has 0 bridgehead atoms. The summed E-state index contributed by atoms with van der Waals surface area (Å²) in [4.78, 5) is 4.10. The molecule has 0 fully saturated rings. The van der Waals surface area contributed by atoms with E-state index in [9.17, 15) is 0 Å². The van der Waals surface area contributed by atoms with Crippen LogP contribution in [0.3, 0.4) is 0 Å². The summed E-state index contributed by atoms with van der Waals surface area (Å²) >= 11 is 3.42. The molecule has 0 saturated heterocycles. The first-order valence-corrected chi connectivity index (χ1v) is 4.55. The Balaban J connectivity index is 2.87. The van der Waals surface area contributed by atoms with Gasteiger partial charge >= 0.3 is 0 Å². The van der Waals surface area contributed by atoms with Crippen molar-refractivity contribution in [3.63, 3.8) is 0 Å². The summed E-state index contributed by atoms with van der Waals surface area (Å²) in [6.45, 7) is 1.97. The molecule has 2 rings (SSSR count). The Hall–Kier alpha value is -1.10. The maximum atomic E-state index is 5.24. The summed E-state index contributed by atoms with van der Waals surface area (Å²) in [6.07, 6.45) is 3.36. The van der Waals surface area contributed by atoms with Crippen LogP contribution in [0.2, 0.25) is 0 Å². The molecule has 0 aliphatic carbocycles. The standard InChI is InChI=1S/C8H8BrN3O/c1-5-6(9)3-12-8(7(5)13-2)10-4-11-12/h3-4H,1-2H3. The smallest absolute Gasteiger partial charge is 0.198 e. The Morgan fingerprint density at radius 1 is 1.54 bits per heavy atom. The van der Waals surface area contributed by atoms with Crippen LogP contribution in [0.15, 0.2) is 17.0 Å². The molecule has 13 heavy (non-hydrogen) atoms. The van der Waals surface area contributed by atoms with Gasteiger partial charge < -0.3 is 4.74 Å². The molecule has 0 aromatic carbocycles. The summed E-state index contributed by atoms with van der Waals surface area (Å²) in [5, 5.41) is 4.02. The molecule has 0 radical (unpaired) electrons. The fourth-order valence-electron chi connectivity index (χ4n) is 1.23. The second-order valence-electron chi connectivity index (χ2n) is 2.66. The first-order chi connectivity index (χ1) is 6.24. The van der Waals surface area contributed by atoms with Crippen LogP contribution < -0.4 is 4.74 Å². The van der Waals surface area contributed by atoms with Crippen molar-refractivity contribution < 1.29 is 4.74 Å². The van der Waals surface area contributed by atoms with Gasteiger partial charge in [0, 0.05) is 16.2 Å². The second-order valence-corrected chi connectivity index (χ2v) is 3.52. The van der Waals surface area contributed by atoms with E-state index in [0.717, 1.165) is 21.4 Å². The van der Waals surface area contributed by atoms with Crippen LogP contribution in [0, 0.1) is 6.92 Å². The van der Waals surface area contributed by atoms with Gasteiger partial charge in [0.15, 0.2) is 11.4 Å². The normalized spacial score (nSPS) is 10.7. The van der Waals surface area contributed by atoms with Gasteiger partial charge in [-0.25, -0.2) is 9.50 Å². The number of hydrogen-bond acceptors (Lipinski definition) is 3. The van der Waals surface area contributed by atoms with Crippen molar-refractivity contribution in [2.75, 3.05) is 7.11 Å². The average Bonchev–Trinajstić information content (AvgIpc) is 2.54. The van der Waals surface area contributed by atoms with Gasteiger partial charge in [-0.2, -0.15) is 5.10 Å². The van der Waals surface area contributed by atoms with E-state index >= 15 is 0 Å². The van der Waals surface area contributed by atoms with Crippen molar-refractivity contribution in [2.45, 2.75) is 6.92 Å². The van der Waals surface area contributed by atoms with E-state index in [-0.39, 0.29) is 0 Å². The first-order valence-electron chi connectivity index (χ1n) is 3.76. The highest BCUT2D eigenvalue weighted by molar-refractivity contribution is 9.10. The molecule has 0 saturated carbocycles. The molecule has 0 N–H and O–H groups in total. The fourth-order valence-corrected chi connectivity index (χ4v) is 1.61. The van der Waals surface area contributed by atoms with E-state index in [1.54, 1.807) is 11.6 Å². The molecule has 0 aliphatic heterocycles. The molecule has 0 aliphatic rings. The maximum absolute atomic E-state index is 5.24. The molecule has 2 aromatic heterocycles. The van der Waals surface area contributed by atoms with Gasteiger partial charge in [-0.05, 0) is 22.9 Å². The van der Waals surface area contributed by atoms with Gasteiger partial charge in [0.1, 0.15) is 6.33 Å². The zero-order valence-corrected chi connectivity index (χ0v) is 8.87. The van der Waals surface area contributed by atoms with Crippen LogP contribution in [-0.2, 0) is 0 Å². The number of pyridine rings is 1. The van der Waals surface area contributed by atoms with Crippen LogP contribution in [0.5, 0.6) is 5.75 Å². The lowest BCUT2D eigenvalue weighted by atomic mass is 10.3. The summed E-state index contributed by atoms with van der Waals surface area (Å²) in [6, 6.07) is 0. The third-order valence-electron chi connectivity index (χ3n) is 1.91. The van der Waals surface area contributed by atoms with E-state index in [4.69, 9.17) is 4.74 Å². The lowest BCUT2D eigenvalue weighted by molar-refractivity contribution is 0.413. The Kier molecular flexibility index (Phi) is 1.95. The Bertz CT molecular complexity index is 452. The van der Waals surface area contributed by atoms with Crippen molar-refractivity contribution >= 4 is 21.6 Å². The average molecular weight is 242 g/mol. The minimum Gasteiger partial charge on any atom is -0.492 e. The lowest BCUT2D eigenvalue weighted by Crippen LogP contribution is -1.95. The molecule has 0 unspecified atom stereocenters. The van der Waals surface area contributed by atoms with E-state index in [2.05, 4.69) is 26.0 Å². The minimum absolute atomic E-state index is 0.739. The van der Waals surface area contributed by atoms with Gasteiger partial charge in [-0.3, -0.25) is 0 Å². The number of fused-ring (bicyclic) bond motifs is 1. The SMILES string of the molecule is COc1c(C)c(Br)cn2ncnc12. The van der Waals surface area contributed by atoms with Crippen LogP contribution in [-0.4, -0.2) is 21.7 Å². The molecule has 2 aromatic rings. The number of rotatable bonds is 1. The van der Waals surface area contributed by atoms with E-state index < -0.39 is 0 Å². The number of halogens is 1. The van der Waals surface area contributed by atoms with Crippen molar-refractivity contribution in [3.8, 4) is 5.75 Å². The highest BCUT2D eigenvalue weighted by atomic mass is 79.9. The molecule has 0 atom stereocenters. The summed E-state index contributed by atoms with van der Waals surface area (Å²) in [5.41, 5.74) is 1.77. The summed E-state index contributed by atoms with van der Waals surface area (Å²) in [5.74, 6) is 0.756. The van der Waals surface area contributed by atoms with Crippen LogP contribution in [0.1, 0.15) is 5.56 Å². The van der Waals surface area contributed by atoms with Crippen molar-refractivity contribution in [1.29, 1.82) is 0 Å². The highest BCUT2D eigenvalue weighted by Gasteiger charge is 2.10. The predicted octanol–water partition coefficient (Wildman–Crippen LogP) is 1.81. The quantitative estimate of drug-likeness (QED) is 0.765. The summed E-state index contributed by atoms with van der Waals surface area (Å²) in [7, 11) is 1.63. The third-order valence-corrected chi connectivity index (χ3v) is 2.71. The fraction of sp³-hybridized carbons (Fsp3) is 0.250. The number of nitrogens with zero attached hydrogens (tertiary/aromatic N) is 3.